The summed E-state index contributed by atoms with van der Waals surface area (Å²) in [7, 11) is 1.35. The second-order valence-corrected chi connectivity index (χ2v) is 7.90. The molecule has 0 radical (unpaired) electrons. The average Bonchev–Trinajstić information content (AvgIpc) is 3.57. The predicted molar refractivity (Wildman–Crippen MR) is 116 cm³/mol. The average molecular weight is 496 g/mol. The highest BCUT2D eigenvalue weighted by Gasteiger charge is 2.55. The number of amidine groups is 1. The summed E-state index contributed by atoms with van der Waals surface area (Å²) in [5.41, 5.74) is 4.53. The molecule has 0 bridgehead atoms. The molecule has 2 aromatic rings. The molecule has 3 rings (SSSR count). The molecule has 8 nitrogen and oxygen atoms in total. The summed E-state index contributed by atoms with van der Waals surface area (Å²) in [5.74, 6) is -4.83. The summed E-state index contributed by atoms with van der Waals surface area (Å²) in [5, 5.41) is 14.5. The summed E-state index contributed by atoms with van der Waals surface area (Å²) < 4.78 is 67.1. The van der Waals surface area contributed by atoms with Gasteiger partial charge >= 0.3 is 12.1 Å². The number of amides is 2. The molecular weight excluding hydrogens is 475 g/mol. The van der Waals surface area contributed by atoms with E-state index >= 15 is 0 Å². The second-order valence-electron chi connectivity index (χ2n) is 7.90. The molecule has 1 saturated carbocycles. The number of nitrogens with zero attached hydrogens (tertiary/aromatic N) is 3. The standard InChI is InChI=1S/C22H21F5N6O2/c1-11(30-19(34)21(8-9-21)31-20(35)22(25,26)27)13-7-6-12(10-16(13)24)14-4-3-5-15(23)17(14)18(28)32-33-29-2/h3-7,10-11H,8-9H2,1-2H3,(H,30,34)(H,31,35)(H2,28,29,32). The lowest BCUT2D eigenvalue weighted by Gasteiger charge is -2.22. The van der Waals surface area contributed by atoms with Crippen LogP contribution in [0, 0.1) is 11.6 Å². The van der Waals surface area contributed by atoms with E-state index in [1.54, 1.807) is 5.32 Å². The van der Waals surface area contributed by atoms with Crippen LogP contribution in [0.1, 0.15) is 36.9 Å². The van der Waals surface area contributed by atoms with Crippen LogP contribution in [0.3, 0.4) is 0 Å². The van der Waals surface area contributed by atoms with Gasteiger partial charge in [-0.3, -0.25) is 9.59 Å². The fourth-order valence-corrected chi connectivity index (χ4v) is 3.45. The molecule has 0 spiro atoms. The number of nitrogens with two attached hydrogens (primary N) is 1. The Labute approximate surface area is 196 Å². The Balaban J connectivity index is 1.83. The number of alkyl halides is 3. The smallest absolute Gasteiger partial charge is 0.382 e. The maximum Gasteiger partial charge on any atom is 0.471 e. The lowest BCUT2D eigenvalue weighted by atomic mass is 9.96. The molecule has 1 aliphatic carbocycles. The van der Waals surface area contributed by atoms with Crippen molar-refractivity contribution in [1.82, 2.24) is 10.6 Å². The third-order valence-electron chi connectivity index (χ3n) is 5.43. The first-order valence-electron chi connectivity index (χ1n) is 10.3. The summed E-state index contributed by atoms with van der Waals surface area (Å²) in [6.07, 6.45) is -5.08. The van der Waals surface area contributed by atoms with Crippen molar-refractivity contribution in [3.63, 3.8) is 0 Å². The number of hydrogen-bond donors (Lipinski definition) is 3. The Hall–Kier alpha value is -3.90. The molecule has 2 amide bonds. The van der Waals surface area contributed by atoms with E-state index in [4.69, 9.17) is 5.73 Å². The van der Waals surface area contributed by atoms with E-state index in [-0.39, 0.29) is 40.9 Å². The molecule has 0 saturated heterocycles. The number of hydrogen-bond acceptors (Lipinski definition) is 4. The van der Waals surface area contributed by atoms with E-state index < -0.39 is 41.2 Å². The zero-order chi connectivity index (χ0) is 26.0. The monoisotopic (exact) mass is 496 g/mol. The van der Waals surface area contributed by atoms with Crippen molar-refractivity contribution >= 4 is 17.6 Å². The minimum absolute atomic E-state index is 0.0255. The van der Waals surface area contributed by atoms with E-state index in [0.717, 1.165) is 12.1 Å². The fourth-order valence-electron chi connectivity index (χ4n) is 3.45. The zero-order valence-corrected chi connectivity index (χ0v) is 18.6. The van der Waals surface area contributed by atoms with Crippen LogP contribution >= 0.6 is 0 Å². The lowest BCUT2D eigenvalue weighted by molar-refractivity contribution is -0.175. The van der Waals surface area contributed by atoms with Crippen molar-refractivity contribution in [3.05, 3.63) is 59.2 Å². The normalized spacial score (nSPS) is 16.1. The topological polar surface area (TPSA) is 121 Å². The summed E-state index contributed by atoms with van der Waals surface area (Å²) >= 11 is 0. The zero-order valence-electron chi connectivity index (χ0n) is 18.6. The number of nitrogens with one attached hydrogen (secondary N) is 2. The van der Waals surface area contributed by atoms with E-state index in [2.05, 4.69) is 20.8 Å². The molecule has 1 fully saturated rings. The van der Waals surface area contributed by atoms with Crippen LogP contribution < -0.4 is 16.4 Å². The molecule has 2 aromatic carbocycles. The first-order valence-corrected chi connectivity index (χ1v) is 10.3. The van der Waals surface area contributed by atoms with Gasteiger partial charge in [-0.25, -0.2) is 8.78 Å². The molecule has 0 aromatic heterocycles. The van der Waals surface area contributed by atoms with Gasteiger partial charge in [0.05, 0.1) is 18.7 Å². The van der Waals surface area contributed by atoms with Gasteiger partial charge in [-0.05, 0) is 48.2 Å². The summed E-state index contributed by atoms with van der Waals surface area (Å²) in [4.78, 5) is 23.7. The number of carbonyl (C=O) groups excluding carboxylic acids is 2. The molecule has 1 atom stereocenters. The molecule has 35 heavy (non-hydrogen) atoms. The van der Waals surface area contributed by atoms with Crippen LogP contribution in [0.25, 0.3) is 11.1 Å². The lowest BCUT2D eigenvalue weighted by Crippen LogP contribution is -2.53. The van der Waals surface area contributed by atoms with Gasteiger partial charge in [0, 0.05) is 5.56 Å². The molecule has 0 aliphatic heterocycles. The molecule has 186 valence electrons. The molecule has 13 heteroatoms. The van der Waals surface area contributed by atoms with Crippen molar-refractivity contribution in [2.75, 3.05) is 7.05 Å². The highest BCUT2D eigenvalue weighted by Crippen LogP contribution is 2.37. The summed E-state index contributed by atoms with van der Waals surface area (Å²) in [6, 6.07) is 7.02. The fraction of sp³-hybridized carbons (Fsp3) is 0.318. The van der Waals surface area contributed by atoms with Gasteiger partial charge in [0.1, 0.15) is 17.2 Å². The third kappa shape index (κ3) is 5.61. The van der Waals surface area contributed by atoms with Gasteiger partial charge in [-0.15, -0.1) is 5.10 Å². The van der Waals surface area contributed by atoms with Crippen LogP contribution in [0.4, 0.5) is 22.0 Å². The van der Waals surface area contributed by atoms with E-state index in [1.165, 1.54) is 38.2 Å². The van der Waals surface area contributed by atoms with E-state index in [0.29, 0.717) is 0 Å². The SMILES string of the molecule is CN=NN=C(N)c1c(F)cccc1-c1ccc(C(C)NC(=O)C2(NC(=O)C(F)(F)F)CC2)c(F)c1. The van der Waals surface area contributed by atoms with Crippen LogP contribution in [0.2, 0.25) is 0 Å². The van der Waals surface area contributed by atoms with Crippen molar-refractivity contribution in [3.8, 4) is 11.1 Å². The molecule has 1 unspecified atom stereocenters. The van der Waals surface area contributed by atoms with Crippen LogP contribution in [-0.2, 0) is 9.59 Å². The molecule has 1 aliphatic rings. The third-order valence-corrected chi connectivity index (χ3v) is 5.43. The van der Waals surface area contributed by atoms with Crippen LogP contribution in [0.15, 0.2) is 51.8 Å². The highest BCUT2D eigenvalue weighted by molar-refractivity contribution is 6.03. The van der Waals surface area contributed by atoms with Gasteiger partial charge in [0.2, 0.25) is 5.91 Å². The Morgan fingerprint density at radius 1 is 1.11 bits per heavy atom. The first kappa shape index (κ1) is 25.7. The molecule has 0 heterocycles. The maximum atomic E-state index is 15.0. The Morgan fingerprint density at radius 3 is 2.37 bits per heavy atom. The van der Waals surface area contributed by atoms with E-state index in [1.807, 2.05) is 0 Å². The minimum atomic E-state index is -5.13. The van der Waals surface area contributed by atoms with Crippen LogP contribution in [0.5, 0.6) is 0 Å². The number of benzene rings is 2. The molecule has 4 N–H and O–H groups in total. The predicted octanol–water partition coefficient (Wildman–Crippen LogP) is 3.72. The van der Waals surface area contributed by atoms with Crippen molar-refractivity contribution in [2.45, 2.75) is 37.5 Å². The Kier molecular flexibility index (Phi) is 7.17. The van der Waals surface area contributed by atoms with Gasteiger partial charge in [0.15, 0.2) is 5.84 Å². The largest absolute Gasteiger partial charge is 0.471 e. The summed E-state index contributed by atoms with van der Waals surface area (Å²) in [6.45, 7) is 1.44. The van der Waals surface area contributed by atoms with Crippen molar-refractivity contribution < 1.29 is 31.5 Å². The minimum Gasteiger partial charge on any atom is -0.382 e. The van der Waals surface area contributed by atoms with E-state index in [9.17, 15) is 31.5 Å². The van der Waals surface area contributed by atoms with Gasteiger partial charge in [-0.1, -0.05) is 24.3 Å². The van der Waals surface area contributed by atoms with Crippen molar-refractivity contribution in [1.29, 1.82) is 0 Å². The Bertz CT molecular complexity index is 1210. The number of halogens is 5. The van der Waals surface area contributed by atoms with Gasteiger partial charge in [0.25, 0.3) is 0 Å². The first-order chi connectivity index (χ1) is 16.4. The molecular formula is C22H21F5N6O2. The van der Waals surface area contributed by atoms with Gasteiger partial charge in [-0.2, -0.15) is 18.3 Å². The second kappa shape index (κ2) is 9.76. The highest BCUT2D eigenvalue weighted by atomic mass is 19.4. The number of rotatable bonds is 7. The van der Waals surface area contributed by atoms with Crippen molar-refractivity contribution in [2.24, 2.45) is 21.2 Å². The quantitative estimate of drug-likeness (QED) is 0.178. The Morgan fingerprint density at radius 2 is 1.80 bits per heavy atom. The maximum absolute atomic E-state index is 15.0. The number of carbonyl (C=O) groups is 2. The van der Waals surface area contributed by atoms with Crippen LogP contribution in [-0.4, -0.2) is 36.4 Å². The van der Waals surface area contributed by atoms with Gasteiger partial charge < -0.3 is 16.4 Å².